The van der Waals surface area contributed by atoms with Crippen molar-refractivity contribution in [2.24, 2.45) is 0 Å². The average Bonchev–Trinajstić information content (AvgIpc) is 2.86. The van der Waals surface area contributed by atoms with Gasteiger partial charge in [-0.15, -0.1) is 0 Å². The summed E-state index contributed by atoms with van der Waals surface area (Å²) in [6.45, 7) is 7.12. The van der Waals surface area contributed by atoms with Crippen molar-refractivity contribution in [3.8, 4) is 0 Å². The first-order valence-electron chi connectivity index (χ1n) is 11.2. The summed E-state index contributed by atoms with van der Waals surface area (Å²) in [6, 6.07) is 31.4. The number of piperazine rings is 1. The highest BCUT2D eigenvalue weighted by molar-refractivity contribution is 5.47. The number of nitrogens with zero attached hydrogens (tertiary/aromatic N) is 1. The summed E-state index contributed by atoms with van der Waals surface area (Å²) in [5.74, 6) is 0. The van der Waals surface area contributed by atoms with Crippen LogP contribution in [0.25, 0.3) is 0 Å². The molecule has 0 aliphatic carbocycles. The summed E-state index contributed by atoms with van der Waals surface area (Å²) in [6.07, 6.45) is 0. The molecular formula is C27H32N2O2. The third kappa shape index (κ3) is 5.41. The zero-order chi connectivity index (χ0) is 21.2. The molecule has 1 fully saturated rings. The lowest BCUT2D eigenvalue weighted by Gasteiger charge is -2.36. The van der Waals surface area contributed by atoms with Crippen LogP contribution in [0.2, 0.25) is 0 Å². The van der Waals surface area contributed by atoms with E-state index < -0.39 is 5.60 Å². The van der Waals surface area contributed by atoms with Gasteiger partial charge in [0.05, 0.1) is 19.8 Å². The Morgan fingerprint density at radius 3 is 1.61 bits per heavy atom. The zero-order valence-electron chi connectivity index (χ0n) is 18.1. The summed E-state index contributed by atoms with van der Waals surface area (Å²) < 4.78 is 12.7. The van der Waals surface area contributed by atoms with Gasteiger partial charge in [-0.2, -0.15) is 0 Å². The Hall–Kier alpha value is -2.50. The van der Waals surface area contributed by atoms with Gasteiger partial charge >= 0.3 is 0 Å². The Morgan fingerprint density at radius 2 is 1.13 bits per heavy atom. The third-order valence-corrected chi connectivity index (χ3v) is 5.85. The molecule has 31 heavy (non-hydrogen) atoms. The van der Waals surface area contributed by atoms with E-state index >= 15 is 0 Å². The number of nitrogens with one attached hydrogen (secondary N) is 1. The van der Waals surface area contributed by atoms with Gasteiger partial charge in [-0.1, -0.05) is 91.0 Å². The van der Waals surface area contributed by atoms with Crippen LogP contribution in [0.3, 0.4) is 0 Å². The van der Waals surface area contributed by atoms with Gasteiger partial charge in [0.25, 0.3) is 0 Å². The van der Waals surface area contributed by atoms with Crippen molar-refractivity contribution >= 4 is 0 Å². The maximum Gasteiger partial charge on any atom is 0.143 e. The summed E-state index contributed by atoms with van der Waals surface area (Å²) in [5, 5.41) is 3.39. The monoisotopic (exact) mass is 416 g/mol. The Morgan fingerprint density at radius 1 is 0.645 bits per heavy atom. The molecular weight excluding hydrogens is 384 g/mol. The lowest BCUT2D eigenvalue weighted by atomic mass is 9.80. The molecule has 162 valence electrons. The average molecular weight is 417 g/mol. The molecule has 0 bridgehead atoms. The van der Waals surface area contributed by atoms with E-state index in [1.165, 1.54) is 0 Å². The van der Waals surface area contributed by atoms with Gasteiger partial charge in [-0.05, 0) is 16.7 Å². The maximum atomic E-state index is 6.73. The molecule has 0 spiro atoms. The minimum absolute atomic E-state index is 0.514. The van der Waals surface area contributed by atoms with Gasteiger partial charge in [0, 0.05) is 32.7 Å². The fourth-order valence-corrected chi connectivity index (χ4v) is 4.25. The highest BCUT2D eigenvalue weighted by Crippen LogP contribution is 2.40. The van der Waals surface area contributed by atoms with E-state index in [2.05, 4.69) is 83.0 Å². The predicted octanol–water partition coefficient (Wildman–Crippen LogP) is 3.92. The molecule has 4 nitrogen and oxygen atoms in total. The number of benzene rings is 3. The predicted molar refractivity (Wildman–Crippen MR) is 125 cm³/mol. The van der Waals surface area contributed by atoms with Crippen molar-refractivity contribution in [3.63, 3.8) is 0 Å². The van der Waals surface area contributed by atoms with Gasteiger partial charge in [0.1, 0.15) is 5.60 Å². The van der Waals surface area contributed by atoms with Crippen LogP contribution in [0, 0.1) is 0 Å². The van der Waals surface area contributed by atoms with Gasteiger partial charge < -0.3 is 14.8 Å². The molecule has 1 saturated heterocycles. The molecule has 0 atom stereocenters. The number of hydrogen-bond donors (Lipinski definition) is 1. The Balaban J connectivity index is 1.50. The van der Waals surface area contributed by atoms with E-state index in [0.29, 0.717) is 13.2 Å². The summed E-state index contributed by atoms with van der Waals surface area (Å²) >= 11 is 0. The molecule has 1 heterocycles. The molecule has 0 amide bonds. The molecule has 3 aromatic rings. The molecule has 4 rings (SSSR count). The van der Waals surface area contributed by atoms with Crippen LogP contribution in [0.4, 0.5) is 0 Å². The van der Waals surface area contributed by atoms with Gasteiger partial charge in [-0.25, -0.2) is 0 Å². The second kappa shape index (κ2) is 11.2. The minimum atomic E-state index is -0.675. The van der Waals surface area contributed by atoms with E-state index in [4.69, 9.17) is 9.47 Å². The van der Waals surface area contributed by atoms with Crippen LogP contribution >= 0.6 is 0 Å². The molecule has 3 aromatic carbocycles. The first-order valence-corrected chi connectivity index (χ1v) is 11.2. The highest BCUT2D eigenvalue weighted by Gasteiger charge is 2.37. The van der Waals surface area contributed by atoms with Crippen molar-refractivity contribution in [1.82, 2.24) is 10.2 Å². The Labute approximate surface area is 185 Å². The SMILES string of the molecule is c1ccc(C(OCCOCCN2CCNCC2)(c2ccccc2)c2ccccc2)cc1. The molecule has 0 radical (unpaired) electrons. The van der Waals surface area contributed by atoms with Gasteiger partial charge in [0.15, 0.2) is 0 Å². The lowest BCUT2D eigenvalue weighted by molar-refractivity contribution is -0.0265. The smallest absolute Gasteiger partial charge is 0.143 e. The molecule has 1 N–H and O–H groups in total. The molecule has 1 aliphatic heterocycles. The number of hydrogen-bond acceptors (Lipinski definition) is 4. The van der Waals surface area contributed by atoms with Crippen LogP contribution in [0.15, 0.2) is 91.0 Å². The maximum absolute atomic E-state index is 6.73. The number of ether oxygens (including phenoxy) is 2. The second-order valence-corrected chi connectivity index (χ2v) is 7.83. The van der Waals surface area contributed by atoms with Crippen LogP contribution in [-0.4, -0.2) is 57.4 Å². The normalized spacial score (nSPS) is 15.1. The Kier molecular flexibility index (Phi) is 7.86. The van der Waals surface area contributed by atoms with Gasteiger partial charge in [0.2, 0.25) is 0 Å². The lowest BCUT2D eigenvalue weighted by Crippen LogP contribution is -2.44. The van der Waals surface area contributed by atoms with Crippen molar-refractivity contribution < 1.29 is 9.47 Å². The molecule has 0 unspecified atom stereocenters. The second-order valence-electron chi connectivity index (χ2n) is 7.83. The molecule has 4 heteroatoms. The minimum Gasteiger partial charge on any atom is -0.378 e. The van der Waals surface area contributed by atoms with Crippen molar-refractivity contribution in [2.75, 3.05) is 52.5 Å². The van der Waals surface area contributed by atoms with E-state index in [0.717, 1.165) is 56.0 Å². The fraction of sp³-hybridized carbons (Fsp3) is 0.333. The summed E-state index contributed by atoms with van der Waals surface area (Å²) in [7, 11) is 0. The molecule has 0 saturated carbocycles. The standard InChI is InChI=1S/C27H32N2O2/c1-4-10-24(11-5-1)27(25-12-6-2-7-13-25,26-14-8-3-9-15-26)31-23-22-30-21-20-29-18-16-28-17-19-29/h1-15,28H,16-23H2. The first kappa shape index (κ1) is 21.7. The fourth-order valence-electron chi connectivity index (χ4n) is 4.25. The largest absolute Gasteiger partial charge is 0.378 e. The Bertz CT molecular complexity index is 784. The zero-order valence-corrected chi connectivity index (χ0v) is 18.1. The van der Waals surface area contributed by atoms with Crippen molar-refractivity contribution in [2.45, 2.75) is 5.60 Å². The third-order valence-electron chi connectivity index (χ3n) is 5.85. The van der Waals surface area contributed by atoms with Crippen molar-refractivity contribution in [1.29, 1.82) is 0 Å². The summed E-state index contributed by atoms with van der Waals surface area (Å²) in [5.41, 5.74) is 2.68. The van der Waals surface area contributed by atoms with E-state index in [-0.39, 0.29) is 0 Å². The first-order chi connectivity index (χ1) is 15.4. The summed E-state index contributed by atoms with van der Waals surface area (Å²) in [4.78, 5) is 2.44. The van der Waals surface area contributed by atoms with Crippen LogP contribution in [-0.2, 0) is 15.1 Å². The molecule has 1 aliphatic rings. The van der Waals surface area contributed by atoms with E-state index in [1.54, 1.807) is 0 Å². The highest BCUT2D eigenvalue weighted by atomic mass is 16.5. The van der Waals surface area contributed by atoms with Crippen LogP contribution < -0.4 is 5.32 Å². The van der Waals surface area contributed by atoms with Crippen LogP contribution in [0.5, 0.6) is 0 Å². The molecule has 0 aromatic heterocycles. The van der Waals surface area contributed by atoms with Crippen molar-refractivity contribution in [3.05, 3.63) is 108 Å². The van der Waals surface area contributed by atoms with E-state index in [9.17, 15) is 0 Å². The van der Waals surface area contributed by atoms with Crippen LogP contribution in [0.1, 0.15) is 16.7 Å². The van der Waals surface area contributed by atoms with E-state index in [1.807, 2.05) is 18.2 Å². The topological polar surface area (TPSA) is 33.7 Å². The quantitative estimate of drug-likeness (QED) is 0.401. The van der Waals surface area contributed by atoms with Gasteiger partial charge in [-0.3, -0.25) is 4.90 Å². The number of rotatable bonds is 10.